The van der Waals surface area contributed by atoms with Crippen molar-refractivity contribution in [3.63, 3.8) is 0 Å². The molecule has 4 nitrogen and oxygen atoms in total. The molecule has 0 heterocycles. The lowest BCUT2D eigenvalue weighted by Crippen LogP contribution is -2.19. The lowest BCUT2D eigenvalue weighted by atomic mass is 10.2. The van der Waals surface area contributed by atoms with Gasteiger partial charge in [-0.05, 0) is 31.7 Å². The van der Waals surface area contributed by atoms with Crippen molar-refractivity contribution in [3.8, 4) is 0 Å². The topological polar surface area (TPSA) is 55.2 Å². The maximum atomic E-state index is 13.5. The highest BCUT2D eigenvalue weighted by molar-refractivity contribution is 5.63. The van der Waals surface area contributed by atoms with Gasteiger partial charge in [0.25, 0.3) is 5.69 Å². The van der Waals surface area contributed by atoms with E-state index in [-0.39, 0.29) is 11.7 Å². The standard InChI is InChI=1S/C11H12F2N2O2/c1-6(7-2-3-7)14-11-9(15(16)17)5-4-8(12)10(11)13/h4-7,14H,2-3H2,1H3. The van der Waals surface area contributed by atoms with Gasteiger partial charge in [0.05, 0.1) is 4.92 Å². The van der Waals surface area contributed by atoms with Gasteiger partial charge in [-0.2, -0.15) is 0 Å². The first kappa shape index (κ1) is 11.8. The number of halogens is 2. The average Bonchev–Trinajstić information content (AvgIpc) is 3.08. The maximum absolute atomic E-state index is 13.5. The van der Waals surface area contributed by atoms with E-state index in [1.807, 2.05) is 6.92 Å². The number of hydrogen-bond donors (Lipinski definition) is 1. The van der Waals surface area contributed by atoms with E-state index in [4.69, 9.17) is 0 Å². The second-order valence-corrected chi connectivity index (χ2v) is 4.28. The molecule has 6 heteroatoms. The first-order valence-corrected chi connectivity index (χ1v) is 5.39. The third-order valence-corrected chi connectivity index (χ3v) is 2.97. The number of nitrogens with zero attached hydrogens (tertiary/aromatic N) is 1. The van der Waals surface area contributed by atoms with Gasteiger partial charge in [-0.1, -0.05) is 0 Å². The van der Waals surface area contributed by atoms with Gasteiger partial charge < -0.3 is 5.32 Å². The van der Waals surface area contributed by atoms with Crippen molar-refractivity contribution < 1.29 is 13.7 Å². The Morgan fingerprint density at radius 3 is 2.65 bits per heavy atom. The molecule has 1 atom stereocenters. The molecule has 92 valence electrons. The summed E-state index contributed by atoms with van der Waals surface area (Å²) >= 11 is 0. The molecule has 0 bridgehead atoms. The zero-order valence-electron chi connectivity index (χ0n) is 9.24. The van der Waals surface area contributed by atoms with Crippen LogP contribution >= 0.6 is 0 Å². The predicted octanol–water partition coefficient (Wildman–Crippen LogP) is 3.08. The smallest absolute Gasteiger partial charge is 0.295 e. The van der Waals surface area contributed by atoms with Gasteiger partial charge >= 0.3 is 0 Å². The number of anilines is 1. The Balaban J connectivity index is 2.34. The molecule has 1 fully saturated rings. The third-order valence-electron chi connectivity index (χ3n) is 2.97. The third kappa shape index (κ3) is 2.35. The number of nitro benzene ring substituents is 1. The molecule has 0 amide bonds. The zero-order valence-corrected chi connectivity index (χ0v) is 9.24. The maximum Gasteiger partial charge on any atom is 0.295 e. The minimum absolute atomic E-state index is 0.0926. The minimum Gasteiger partial charge on any atom is -0.374 e. The largest absolute Gasteiger partial charge is 0.374 e. The summed E-state index contributed by atoms with van der Waals surface area (Å²) in [5.74, 6) is -1.88. The highest BCUT2D eigenvalue weighted by Gasteiger charge is 2.31. The van der Waals surface area contributed by atoms with E-state index in [0.717, 1.165) is 25.0 Å². The van der Waals surface area contributed by atoms with Crippen molar-refractivity contribution in [1.29, 1.82) is 0 Å². The lowest BCUT2D eigenvalue weighted by molar-refractivity contribution is -0.384. The van der Waals surface area contributed by atoms with Gasteiger partial charge in [0, 0.05) is 12.1 Å². The predicted molar refractivity (Wildman–Crippen MR) is 58.8 cm³/mol. The summed E-state index contributed by atoms with van der Waals surface area (Å²) in [4.78, 5) is 10.0. The quantitative estimate of drug-likeness (QED) is 0.652. The normalized spacial score (nSPS) is 16.6. The second kappa shape index (κ2) is 4.27. The van der Waals surface area contributed by atoms with Crippen molar-refractivity contribution >= 4 is 11.4 Å². The molecule has 1 saturated carbocycles. The summed E-state index contributed by atoms with van der Waals surface area (Å²) in [6, 6.07) is 1.64. The van der Waals surface area contributed by atoms with E-state index in [9.17, 15) is 18.9 Å². The molecular weight excluding hydrogens is 230 g/mol. The molecule has 0 aromatic heterocycles. The van der Waals surface area contributed by atoms with E-state index in [1.54, 1.807) is 0 Å². The lowest BCUT2D eigenvalue weighted by Gasteiger charge is -2.15. The number of rotatable bonds is 4. The highest BCUT2D eigenvalue weighted by atomic mass is 19.2. The molecule has 1 aromatic carbocycles. The van der Waals surface area contributed by atoms with Gasteiger partial charge in [-0.25, -0.2) is 8.78 Å². The van der Waals surface area contributed by atoms with Crippen LogP contribution < -0.4 is 5.32 Å². The molecule has 1 aliphatic rings. The first-order chi connectivity index (χ1) is 8.00. The molecular formula is C11H12F2N2O2. The Labute approximate surface area is 96.8 Å². The van der Waals surface area contributed by atoms with Crippen LogP contribution in [0.1, 0.15) is 19.8 Å². The van der Waals surface area contributed by atoms with E-state index in [1.165, 1.54) is 0 Å². The van der Waals surface area contributed by atoms with Crippen LogP contribution in [0.2, 0.25) is 0 Å². The van der Waals surface area contributed by atoms with Crippen LogP contribution in [0.25, 0.3) is 0 Å². The second-order valence-electron chi connectivity index (χ2n) is 4.28. The first-order valence-electron chi connectivity index (χ1n) is 5.39. The Bertz CT molecular complexity index is 461. The molecule has 1 unspecified atom stereocenters. The summed E-state index contributed by atoms with van der Waals surface area (Å²) in [6.07, 6.45) is 2.03. The van der Waals surface area contributed by atoms with Gasteiger partial charge in [-0.15, -0.1) is 0 Å². The molecule has 0 radical (unpaired) electrons. The number of hydrogen-bond acceptors (Lipinski definition) is 3. The summed E-state index contributed by atoms with van der Waals surface area (Å²) in [6.45, 7) is 1.81. The van der Waals surface area contributed by atoms with Gasteiger partial charge in [0.15, 0.2) is 17.3 Å². The summed E-state index contributed by atoms with van der Waals surface area (Å²) < 4.78 is 26.6. The van der Waals surface area contributed by atoms with E-state index < -0.39 is 22.2 Å². The van der Waals surface area contributed by atoms with Crippen LogP contribution in [0.15, 0.2) is 12.1 Å². The number of nitro groups is 1. The molecule has 0 aliphatic heterocycles. The van der Waals surface area contributed by atoms with Crippen LogP contribution in [0.4, 0.5) is 20.2 Å². The Kier molecular flexibility index (Phi) is 2.95. The van der Waals surface area contributed by atoms with Gasteiger partial charge in [0.1, 0.15) is 0 Å². The van der Waals surface area contributed by atoms with E-state index in [2.05, 4.69) is 5.32 Å². The highest BCUT2D eigenvalue weighted by Crippen LogP contribution is 2.36. The van der Waals surface area contributed by atoms with Crippen LogP contribution in [0.5, 0.6) is 0 Å². The molecule has 0 saturated heterocycles. The van der Waals surface area contributed by atoms with Crippen LogP contribution in [0, 0.1) is 27.7 Å². The fourth-order valence-electron chi connectivity index (χ4n) is 1.77. The fourth-order valence-corrected chi connectivity index (χ4v) is 1.77. The molecule has 1 aromatic rings. The molecule has 1 N–H and O–H groups in total. The molecule has 17 heavy (non-hydrogen) atoms. The Morgan fingerprint density at radius 1 is 1.47 bits per heavy atom. The van der Waals surface area contributed by atoms with E-state index in [0.29, 0.717) is 5.92 Å². The summed E-state index contributed by atoms with van der Waals surface area (Å²) in [5, 5.41) is 13.4. The van der Waals surface area contributed by atoms with Crippen LogP contribution in [0.3, 0.4) is 0 Å². The van der Waals surface area contributed by atoms with Crippen molar-refractivity contribution in [3.05, 3.63) is 33.9 Å². The van der Waals surface area contributed by atoms with Gasteiger partial charge in [0.2, 0.25) is 0 Å². The summed E-state index contributed by atoms with van der Waals surface area (Å²) in [7, 11) is 0. The van der Waals surface area contributed by atoms with Crippen molar-refractivity contribution in [2.75, 3.05) is 5.32 Å². The minimum atomic E-state index is -1.19. The van der Waals surface area contributed by atoms with Crippen molar-refractivity contribution in [2.45, 2.75) is 25.8 Å². The SMILES string of the molecule is CC(Nc1c([N+](=O)[O-])ccc(F)c1F)C1CC1. The van der Waals surface area contributed by atoms with Crippen LogP contribution in [-0.4, -0.2) is 11.0 Å². The summed E-state index contributed by atoms with van der Waals surface area (Å²) in [5.41, 5.74) is -0.786. The Morgan fingerprint density at radius 2 is 2.12 bits per heavy atom. The zero-order chi connectivity index (χ0) is 12.6. The monoisotopic (exact) mass is 242 g/mol. The fraction of sp³-hybridized carbons (Fsp3) is 0.455. The van der Waals surface area contributed by atoms with Gasteiger partial charge in [-0.3, -0.25) is 10.1 Å². The Hall–Kier alpha value is -1.72. The van der Waals surface area contributed by atoms with E-state index >= 15 is 0 Å². The van der Waals surface area contributed by atoms with Crippen molar-refractivity contribution in [2.24, 2.45) is 5.92 Å². The number of nitrogens with one attached hydrogen (secondary N) is 1. The van der Waals surface area contributed by atoms with Crippen LogP contribution in [-0.2, 0) is 0 Å². The average molecular weight is 242 g/mol. The molecule has 2 rings (SSSR count). The molecule has 0 spiro atoms. The molecule has 1 aliphatic carbocycles. The van der Waals surface area contributed by atoms with Crippen molar-refractivity contribution in [1.82, 2.24) is 0 Å². The number of benzene rings is 1.